The van der Waals surface area contributed by atoms with Gasteiger partial charge in [-0.25, -0.2) is 4.98 Å². The molecule has 0 atom stereocenters. The standard InChI is InChI=1S/C64H46N4O/c1-64(2,3)44-36-37-65-61(38-44)68-57-30-15-14-26-53(57)55-35-33-46(40-60(55)68)69-45-32-34-54-51-24-12-10-22-49(51)50-23-11-13-25-52(50)56-29-17-31-58-63(56)67(59(54)39-45)41-66(58)62-47(42-18-6-4-7-19-42)27-16-28-48(62)43-20-8-5-9-21-43/h4-40H,1-3H3/i4D,5D,6D,7D,8D,9D,18D,19D,20D,21D. The van der Waals surface area contributed by atoms with E-state index < -0.39 is 60.4 Å². The highest BCUT2D eigenvalue weighted by atomic mass is 16.5. The van der Waals surface area contributed by atoms with Gasteiger partial charge in [0.2, 0.25) is 0 Å². The number of imidazole rings is 1. The van der Waals surface area contributed by atoms with Crippen LogP contribution in [0.5, 0.6) is 11.5 Å². The van der Waals surface area contributed by atoms with E-state index in [4.69, 9.17) is 17.9 Å². The molecule has 0 spiro atoms. The van der Waals surface area contributed by atoms with Crippen LogP contribution in [0.25, 0.3) is 104 Å². The molecule has 0 aliphatic carbocycles. The SMILES string of the molecule is [2H]c1c([2H])c([2H])c(-c2cccc(-c3c([2H])c([2H])c([2H])c([2H])c3[2H])c2-[n+]2[c-]n3c4cc(Oc5ccc6c7ccccc7n(-c7cc(C(C)(C)C)ccn7)c6c5)ccc4c4ccccc4c4ccccc4c4cccc2c43)c([2H])c1[2H]. The van der Waals surface area contributed by atoms with Crippen molar-refractivity contribution in [3.63, 3.8) is 0 Å². The van der Waals surface area contributed by atoms with Gasteiger partial charge in [0.15, 0.2) is 0 Å². The van der Waals surface area contributed by atoms with Crippen LogP contribution in [0.15, 0.2) is 224 Å². The average Bonchev–Trinajstić information content (AvgIpc) is 4.25. The van der Waals surface area contributed by atoms with Gasteiger partial charge in [0.05, 0.1) is 47.0 Å². The van der Waals surface area contributed by atoms with Crippen LogP contribution < -0.4 is 9.30 Å². The highest BCUT2D eigenvalue weighted by Gasteiger charge is 2.22. The lowest BCUT2D eigenvalue weighted by Gasteiger charge is -2.20. The number of benzene rings is 9. The van der Waals surface area contributed by atoms with Crippen LogP contribution in [0.4, 0.5) is 0 Å². The molecular formula is C64H46N4O. The van der Waals surface area contributed by atoms with E-state index in [1.54, 1.807) is 22.8 Å². The summed E-state index contributed by atoms with van der Waals surface area (Å²) < 4.78 is 102. The number of ether oxygens (including phenoxy) is 1. The number of pyridine rings is 1. The molecule has 328 valence electrons. The topological polar surface area (TPSA) is 35.3 Å². The Labute approximate surface area is 414 Å². The average molecular weight is 897 g/mol. The zero-order valence-electron chi connectivity index (χ0n) is 47.8. The van der Waals surface area contributed by atoms with Gasteiger partial charge in [0.1, 0.15) is 17.3 Å². The Morgan fingerprint density at radius 3 is 1.67 bits per heavy atom. The van der Waals surface area contributed by atoms with Crippen LogP contribution in [0, 0.1) is 6.33 Å². The summed E-state index contributed by atoms with van der Waals surface area (Å²) in [5.41, 5.74) is 5.01. The first kappa shape index (κ1) is 31.2. The molecule has 0 saturated carbocycles. The van der Waals surface area contributed by atoms with E-state index in [-0.39, 0.29) is 33.4 Å². The van der Waals surface area contributed by atoms with E-state index in [0.29, 0.717) is 28.0 Å². The van der Waals surface area contributed by atoms with E-state index in [1.165, 1.54) is 0 Å². The Bertz CT molecular complexity index is 4680. The van der Waals surface area contributed by atoms with Crippen molar-refractivity contribution in [3.8, 4) is 45.3 Å². The molecule has 0 aliphatic rings. The number of rotatable bonds is 6. The van der Waals surface area contributed by atoms with Crippen molar-refractivity contribution >= 4 is 70.7 Å². The maximum absolute atomic E-state index is 9.27. The van der Waals surface area contributed by atoms with Gasteiger partial charge in [0.25, 0.3) is 6.33 Å². The molecule has 0 radical (unpaired) electrons. The molecule has 5 heteroatoms. The predicted molar refractivity (Wildman–Crippen MR) is 285 cm³/mol. The fourth-order valence-electron chi connectivity index (χ4n) is 9.97. The Hall–Kier alpha value is -8.80. The molecule has 0 bridgehead atoms. The lowest BCUT2D eigenvalue weighted by molar-refractivity contribution is -0.570. The van der Waals surface area contributed by atoms with E-state index in [1.807, 2.05) is 95.5 Å². The first-order chi connectivity index (χ1) is 38.0. The van der Waals surface area contributed by atoms with Gasteiger partial charge in [-0.05, 0) is 108 Å². The van der Waals surface area contributed by atoms with Gasteiger partial charge >= 0.3 is 0 Å². The lowest BCUT2D eigenvalue weighted by atomic mass is 9.88. The number of fused-ring (bicyclic) bond motifs is 10. The van der Waals surface area contributed by atoms with Gasteiger partial charge < -0.3 is 4.74 Å². The Kier molecular flexibility index (Phi) is 7.21. The maximum atomic E-state index is 9.27. The minimum atomic E-state index is -0.573. The van der Waals surface area contributed by atoms with E-state index in [2.05, 4.69) is 86.3 Å². The molecule has 5 nitrogen and oxygen atoms in total. The minimum Gasteiger partial charge on any atom is -0.458 e. The van der Waals surface area contributed by atoms with Gasteiger partial charge in [-0.1, -0.05) is 190 Å². The van der Waals surface area contributed by atoms with Crippen molar-refractivity contribution < 1.29 is 23.0 Å². The van der Waals surface area contributed by atoms with Gasteiger partial charge in [-0.3, -0.25) is 13.5 Å². The molecule has 69 heavy (non-hydrogen) atoms. The minimum absolute atomic E-state index is 0.111. The highest BCUT2D eigenvalue weighted by molar-refractivity contribution is 6.20. The van der Waals surface area contributed by atoms with Crippen LogP contribution >= 0.6 is 0 Å². The summed E-state index contributed by atoms with van der Waals surface area (Å²) in [6, 6.07) is 46.2. The van der Waals surface area contributed by atoms with Crippen molar-refractivity contribution in [3.05, 3.63) is 236 Å². The summed E-state index contributed by atoms with van der Waals surface area (Å²) in [4.78, 5) is 4.89. The number of para-hydroxylation sites is 3. The normalized spacial score (nSPS) is 14.0. The molecule has 9 aromatic carbocycles. The number of hydrogen-bond donors (Lipinski definition) is 0. The molecular weight excluding hydrogens is 841 g/mol. The van der Waals surface area contributed by atoms with E-state index in [9.17, 15) is 5.48 Å². The second-order valence-electron chi connectivity index (χ2n) is 18.2. The Morgan fingerprint density at radius 1 is 0.507 bits per heavy atom. The van der Waals surface area contributed by atoms with Crippen LogP contribution in [0.1, 0.15) is 40.0 Å². The monoisotopic (exact) mass is 896 g/mol. The van der Waals surface area contributed by atoms with Crippen molar-refractivity contribution in [1.82, 2.24) is 14.0 Å². The van der Waals surface area contributed by atoms with Gasteiger partial charge in [-0.15, -0.1) is 0 Å². The quantitative estimate of drug-likeness (QED) is 0.123. The summed E-state index contributed by atoms with van der Waals surface area (Å²) >= 11 is 0. The van der Waals surface area contributed by atoms with Crippen molar-refractivity contribution in [2.45, 2.75) is 26.2 Å². The smallest absolute Gasteiger partial charge is 0.269 e. The maximum Gasteiger partial charge on any atom is 0.269 e. The van der Waals surface area contributed by atoms with Crippen LogP contribution in [0.2, 0.25) is 0 Å². The number of hydrogen-bond acceptors (Lipinski definition) is 2. The molecule has 0 fully saturated rings. The Balaban J connectivity index is 1.14. The molecule has 13 aromatic rings. The molecule has 0 unspecified atom stereocenters. The first-order valence-corrected chi connectivity index (χ1v) is 22.8. The lowest BCUT2D eigenvalue weighted by Crippen LogP contribution is -2.31. The molecule has 0 saturated heterocycles. The van der Waals surface area contributed by atoms with Crippen molar-refractivity contribution in [2.24, 2.45) is 0 Å². The second-order valence-corrected chi connectivity index (χ2v) is 18.2. The third-order valence-corrected chi connectivity index (χ3v) is 13.1. The van der Waals surface area contributed by atoms with Crippen LogP contribution in [-0.2, 0) is 5.41 Å². The summed E-state index contributed by atoms with van der Waals surface area (Å²) in [7, 11) is 0. The molecule has 0 N–H and O–H groups in total. The zero-order valence-corrected chi connectivity index (χ0v) is 37.8. The van der Waals surface area contributed by atoms with Crippen LogP contribution in [-0.4, -0.2) is 14.0 Å². The fourth-order valence-corrected chi connectivity index (χ4v) is 9.97. The van der Waals surface area contributed by atoms with Crippen LogP contribution in [0.3, 0.4) is 0 Å². The second kappa shape index (κ2) is 15.9. The first-order valence-electron chi connectivity index (χ1n) is 27.8. The third kappa shape index (κ3) is 6.69. The summed E-state index contributed by atoms with van der Waals surface area (Å²) in [6.07, 6.45) is 5.53. The fraction of sp³-hybridized carbons (Fsp3) is 0.0625. The van der Waals surface area contributed by atoms with E-state index in [0.717, 1.165) is 65.5 Å². The highest BCUT2D eigenvalue weighted by Crippen LogP contribution is 2.40. The zero-order chi connectivity index (χ0) is 54.9. The van der Waals surface area contributed by atoms with Gasteiger partial charge in [0, 0.05) is 23.0 Å². The molecule has 4 heterocycles. The molecule has 0 amide bonds. The summed E-state index contributed by atoms with van der Waals surface area (Å²) in [5, 5.41) is 7.51. The number of nitrogens with zero attached hydrogens (tertiary/aromatic N) is 4. The van der Waals surface area contributed by atoms with Gasteiger partial charge in [-0.2, -0.15) is 0 Å². The Morgan fingerprint density at radius 2 is 1.03 bits per heavy atom. The summed E-state index contributed by atoms with van der Waals surface area (Å²) in [5.74, 6) is 1.86. The van der Waals surface area contributed by atoms with Crippen molar-refractivity contribution in [2.75, 3.05) is 0 Å². The number of aromatic nitrogens is 4. The molecule has 13 rings (SSSR count). The summed E-state index contributed by atoms with van der Waals surface area (Å²) in [6.45, 7) is 6.56. The molecule has 0 aliphatic heterocycles. The third-order valence-electron chi connectivity index (χ3n) is 13.1. The largest absolute Gasteiger partial charge is 0.458 e. The predicted octanol–water partition coefficient (Wildman–Crippen LogP) is 16.1. The van der Waals surface area contributed by atoms with Crippen molar-refractivity contribution in [1.29, 1.82) is 0 Å². The van der Waals surface area contributed by atoms with E-state index >= 15 is 0 Å². The molecule has 4 aromatic heterocycles.